The van der Waals surface area contributed by atoms with Crippen LogP contribution in [0.1, 0.15) is 95.5 Å². The first kappa shape index (κ1) is 29.7. The molecule has 5 N–H and O–H groups in total. The lowest BCUT2D eigenvalue weighted by atomic mass is 9.71. The molecule has 5 atom stereocenters. The summed E-state index contributed by atoms with van der Waals surface area (Å²) in [4.78, 5) is 31.5. The highest BCUT2D eigenvalue weighted by atomic mass is 16.6. The topological polar surface area (TPSA) is 166 Å². The molecule has 0 aliphatic heterocycles. The summed E-state index contributed by atoms with van der Waals surface area (Å²) < 4.78 is 11.3. The molecule has 216 valence electrons. The number of carbonyl (C=O) groups excluding carboxylic acids is 2. The van der Waals surface area contributed by atoms with Gasteiger partial charge in [0.15, 0.2) is 12.1 Å². The number of rotatable bonds is 9. The maximum Gasteiger partial charge on any atom is 0.202 e. The van der Waals surface area contributed by atoms with E-state index in [0.29, 0.717) is 18.6 Å². The number of aliphatic hydroxyl groups is 3. The van der Waals surface area contributed by atoms with Gasteiger partial charge in [-0.15, -0.1) is 0 Å². The van der Waals surface area contributed by atoms with Crippen LogP contribution in [-0.2, 0) is 11.2 Å². The van der Waals surface area contributed by atoms with Crippen molar-refractivity contribution < 1.29 is 44.6 Å². The van der Waals surface area contributed by atoms with Gasteiger partial charge in [-0.05, 0) is 24.8 Å². The predicted octanol–water partition coefficient (Wildman–Crippen LogP) is 3.21. The van der Waals surface area contributed by atoms with Crippen molar-refractivity contribution in [3.05, 3.63) is 51.6 Å². The van der Waals surface area contributed by atoms with Crippen LogP contribution in [0.4, 0.5) is 0 Å². The van der Waals surface area contributed by atoms with E-state index in [1.165, 1.54) is 26.3 Å². The Hall–Kier alpha value is -3.31. The Labute approximate surface area is 232 Å². The van der Waals surface area contributed by atoms with Crippen molar-refractivity contribution in [2.45, 2.75) is 77.0 Å². The summed E-state index contributed by atoms with van der Waals surface area (Å²) in [5.41, 5.74) is -1.94. The molecule has 0 amide bonds. The normalized spacial score (nSPS) is 22.7. The largest absolute Gasteiger partial charge is 0.507 e. The van der Waals surface area contributed by atoms with Crippen LogP contribution in [0, 0.1) is 5.92 Å². The molecule has 0 bridgehead atoms. The molecule has 0 spiro atoms. The van der Waals surface area contributed by atoms with Gasteiger partial charge in [-0.3, -0.25) is 14.6 Å². The van der Waals surface area contributed by atoms with E-state index in [0.717, 1.165) is 0 Å². The number of nitrogens with zero attached hydrogens (tertiary/aromatic N) is 1. The number of ether oxygens (including phenoxy) is 2. The number of ketones is 2. The molecule has 2 aliphatic carbocycles. The Morgan fingerprint density at radius 1 is 1.10 bits per heavy atom. The fraction of sp³-hybridized carbons (Fsp3) is 0.500. The quantitative estimate of drug-likeness (QED) is 0.151. The standard InChI is InChI=1S/C30H37NO9/c1-6-17(32)14(3)11-21(33)40-19-13-30(38,20(7-2)31-4)12-16-23(19)29(37)25-24(27(16)35)26(34)15-9-8-10-18(39-5)22(15)28(25)36/h8-10,14,17,19,21,32-33,35,37-38H,6-7,11-13H2,1-5H3. The summed E-state index contributed by atoms with van der Waals surface area (Å²) in [5.74, 6) is -2.66. The molecular formula is C30H37NO9. The number of phenolic OH excluding ortho intramolecular Hbond substituents is 2. The summed E-state index contributed by atoms with van der Waals surface area (Å²) in [5, 5.41) is 55.8. The van der Waals surface area contributed by atoms with Gasteiger partial charge in [-0.1, -0.05) is 32.9 Å². The van der Waals surface area contributed by atoms with Gasteiger partial charge in [0.05, 0.1) is 36.0 Å². The average Bonchev–Trinajstić information content (AvgIpc) is 2.92. The first-order valence-corrected chi connectivity index (χ1v) is 13.5. The first-order chi connectivity index (χ1) is 18.9. The summed E-state index contributed by atoms with van der Waals surface area (Å²) >= 11 is 0. The second-order valence-corrected chi connectivity index (χ2v) is 10.6. The lowest BCUT2D eigenvalue weighted by Gasteiger charge is -2.41. The number of aliphatic hydroxyl groups excluding tert-OH is 2. The molecule has 0 saturated carbocycles. The number of hydrogen-bond donors (Lipinski definition) is 5. The van der Waals surface area contributed by atoms with Gasteiger partial charge < -0.3 is 35.0 Å². The van der Waals surface area contributed by atoms with Crippen LogP contribution in [0.2, 0.25) is 0 Å². The minimum atomic E-state index is -1.63. The van der Waals surface area contributed by atoms with Crippen molar-refractivity contribution in [1.29, 1.82) is 0 Å². The highest BCUT2D eigenvalue weighted by molar-refractivity contribution is 6.31. The fourth-order valence-electron chi connectivity index (χ4n) is 6.07. The van der Waals surface area contributed by atoms with E-state index in [-0.39, 0.29) is 64.3 Å². The van der Waals surface area contributed by atoms with Gasteiger partial charge in [0.1, 0.15) is 22.8 Å². The zero-order valence-electron chi connectivity index (χ0n) is 23.4. The Morgan fingerprint density at radius 3 is 2.38 bits per heavy atom. The van der Waals surface area contributed by atoms with E-state index in [1.54, 1.807) is 13.0 Å². The van der Waals surface area contributed by atoms with Gasteiger partial charge in [0, 0.05) is 48.7 Å². The number of benzene rings is 2. The van der Waals surface area contributed by atoms with E-state index < -0.39 is 47.2 Å². The zero-order chi connectivity index (χ0) is 29.5. The predicted molar refractivity (Wildman–Crippen MR) is 146 cm³/mol. The van der Waals surface area contributed by atoms with Crippen LogP contribution in [-0.4, -0.2) is 75.0 Å². The molecule has 0 radical (unpaired) electrons. The monoisotopic (exact) mass is 555 g/mol. The summed E-state index contributed by atoms with van der Waals surface area (Å²) in [6, 6.07) is 4.52. The molecule has 0 saturated heterocycles. The number of fused-ring (bicyclic) bond motifs is 3. The molecule has 2 aromatic carbocycles. The lowest BCUT2D eigenvalue weighted by Crippen LogP contribution is -2.46. The summed E-state index contributed by atoms with van der Waals surface area (Å²) in [6.07, 6.45) is -2.70. The van der Waals surface area contributed by atoms with E-state index in [1.807, 2.05) is 13.8 Å². The smallest absolute Gasteiger partial charge is 0.202 e. The third-order valence-corrected chi connectivity index (χ3v) is 8.19. The van der Waals surface area contributed by atoms with E-state index in [4.69, 9.17) is 9.47 Å². The van der Waals surface area contributed by atoms with Crippen molar-refractivity contribution in [2.24, 2.45) is 10.9 Å². The van der Waals surface area contributed by atoms with Crippen molar-refractivity contribution in [2.75, 3.05) is 14.2 Å². The van der Waals surface area contributed by atoms with Crippen molar-refractivity contribution in [3.8, 4) is 17.2 Å². The molecule has 0 aromatic heterocycles. The Bertz CT molecular complexity index is 1370. The minimum absolute atomic E-state index is 0.00900. The molecule has 2 aromatic rings. The molecular weight excluding hydrogens is 518 g/mol. The summed E-state index contributed by atoms with van der Waals surface area (Å²) in [6.45, 7) is 5.39. The maximum absolute atomic E-state index is 13.7. The van der Waals surface area contributed by atoms with Crippen molar-refractivity contribution >= 4 is 17.3 Å². The lowest BCUT2D eigenvalue weighted by molar-refractivity contribution is -0.165. The van der Waals surface area contributed by atoms with Gasteiger partial charge >= 0.3 is 0 Å². The summed E-state index contributed by atoms with van der Waals surface area (Å²) in [7, 11) is 2.89. The van der Waals surface area contributed by atoms with Crippen LogP contribution in [0.5, 0.6) is 17.2 Å². The van der Waals surface area contributed by atoms with Gasteiger partial charge in [-0.2, -0.15) is 0 Å². The third kappa shape index (κ3) is 4.79. The fourth-order valence-corrected chi connectivity index (χ4v) is 6.07. The number of methoxy groups -OCH3 is 1. The van der Waals surface area contributed by atoms with Crippen molar-refractivity contribution in [1.82, 2.24) is 0 Å². The number of hydrogen-bond acceptors (Lipinski definition) is 10. The SMILES string of the molecule is CCC(=NC)C1(O)Cc2c(O)c3c(c(O)c2C(OC(O)CC(C)C(O)CC)C1)C(=O)c1c(OC)cccc1C3=O. The Kier molecular flexibility index (Phi) is 8.37. The molecule has 5 unspecified atom stereocenters. The second kappa shape index (κ2) is 11.3. The number of aromatic hydroxyl groups is 2. The van der Waals surface area contributed by atoms with Crippen molar-refractivity contribution in [3.63, 3.8) is 0 Å². The highest BCUT2D eigenvalue weighted by Crippen LogP contribution is 2.52. The molecule has 4 rings (SSSR count). The molecule has 2 aliphatic rings. The molecule has 10 heteroatoms. The van der Waals surface area contributed by atoms with Crippen LogP contribution in [0.15, 0.2) is 23.2 Å². The second-order valence-electron chi connectivity index (χ2n) is 10.6. The zero-order valence-corrected chi connectivity index (χ0v) is 23.4. The number of aliphatic imine (C=N–C) groups is 1. The molecule has 40 heavy (non-hydrogen) atoms. The van der Waals surface area contributed by atoms with Crippen LogP contribution in [0.3, 0.4) is 0 Å². The van der Waals surface area contributed by atoms with Crippen LogP contribution in [0.25, 0.3) is 0 Å². The van der Waals surface area contributed by atoms with Crippen LogP contribution >= 0.6 is 0 Å². The van der Waals surface area contributed by atoms with Gasteiger partial charge in [0.2, 0.25) is 5.78 Å². The molecule has 0 fully saturated rings. The molecule has 10 nitrogen and oxygen atoms in total. The van der Waals surface area contributed by atoms with E-state index in [2.05, 4.69) is 4.99 Å². The van der Waals surface area contributed by atoms with Crippen LogP contribution < -0.4 is 4.74 Å². The number of phenols is 2. The number of carbonyl (C=O) groups is 2. The maximum atomic E-state index is 13.7. The molecule has 0 heterocycles. The van der Waals surface area contributed by atoms with E-state index in [9.17, 15) is 35.1 Å². The van der Waals surface area contributed by atoms with Gasteiger partial charge in [0.25, 0.3) is 0 Å². The van der Waals surface area contributed by atoms with Gasteiger partial charge in [-0.25, -0.2) is 0 Å². The highest BCUT2D eigenvalue weighted by Gasteiger charge is 2.48. The van der Waals surface area contributed by atoms with E-state index >= 15 is 0 Å². The third-order valence-electron chi connectivity index (χ3n) is 8.19. The Morgan fingerprint density at radius 2 is 1.77 bits per heavy atom. The average molecular weight is 556 g/mol. The Balaban J connectivity index is 1.90. The first-order valence-electron chi connectivity index (χ1n) is 13.5. The minimum Gasteiger partial charge on any atom is -0.507 e.